The third-order valence-electron chi connectivity index (χ3n) is 0.767. The summed E-state index contributed by atoms with van der Waals surface area (Å²) in [6.07, 6.45) is -0.654. The predicted molar refractivity (Wildman–Crippen MR) is 30.6 cm³/mol. The third kappa shape index (κ3) is 2.31. The molecule has 0 heterocycles. The van der Waals surface area contributed by atoms with Gasteiger partial charge in [-0.1, -0.05) is 0 Å². The molecule has 0 aliphatic rings. The van der Waals surface area contributed by atoms with Gasteiger partial charge < -0.3 is 5.11 Å². The number of rotatable bonds is 1. The molecule has 0 aromatic heterocycles. The molecule has 54 valence electrons. The summed E-state index contributed by atoms with van der Waals surface area (Å²) in [7, 11) is -2.60. The molecule has 1 amide bonds. The van der Waals surface area contributed by atoms with Gasteiger partial charge in [0.05, 0.1) is 6.26 Å². The maximum Gasteiger partial charge on any atom is 0.420 e. The van der Waals surface area contributed by atoms with Crippen molar-refractivity contribution in [2.75, 3.05) is 13.3 Å². The quantitative estimate of drug-likeness (QED) is 0.554. The molecule has 1 N–H and O–H groups in total. The highest BCUT2D eigenvalue weighted by Crippen LogP contribution is 1.91. The average molecular weight is 153 g/mol. The van der Waals surface area contributed by atoms with Crippen LogP contribution in [0.1, 0.15) is 0 Å². The van der Waals surface area contributed by atoms with Crippen molar-refractivity contribution in [2.45, 2.75) is 0 Å². The number of amides is 1. The van der Waals surface area contributed by atoms with Crippen LogP contribution in [0.3, 0.4) is 0 Å². The zero-order chi connectivity index (χ0) is 7.65. The first-order chi connectivity index (χ1) is 3.85. The highest BCUT2D eigenvalue weighted by Gasteiger charge is 2.15. The highest BCUT2D eigenvalue weighted by atomic mass is 32.2. The van der Waals surface area contributed by atoms with Crippen LogP contribution in [0, 0.1) is 0 Å². The van der Waals surface area contributed by atoms with Gasteiger partial charge in [0.2, 0.25) is 10.0 Å². The van der Waals surface area contributed by atoms with Gasteiger partial charge in [-0.15, -0.1) is 0 Å². The Hall–Kier alpha value is -0.780. The van der Waals surface area contributed by atoms with E-state index in [1.165, 1.54) is 0 Å². The molecule has 0 spiro atoms. The van der Waals surface area contributed by atoms with Crippen LogP contribution in [0.5, 0.6) is 0 Å². The molecule has 0 fully saturated rings. The van der Waals surface area contributed by atoms with E-state index in [0.717, 1.165) is 13.3 Å². The Morgan fingerprint density at radius 1 is 1.56 bits per heavy atom. The van der Waals surface area contributed by atoms with Crippen LogP contribution in [-0.4, -0.2) is 37.2 Å². The Kier molecular flexibility index (Phi) is 2.03. The first kappa shape index (κ1) is 8.22. The van der Waals surface area contributed by atoms with Gasteiger partial charge in [-0.2, -0.15) is 0 Å². The summed E-state index contributed by atoms with van der Waals surface area (Å²) in [5.41, 5.74) is 0. The van der Waals surface area contributed by atoms with E-state index >= 15 is 0 Å². The van der Waals surface area contributed by atoms with Gasteiger partial charge in [-0.25, -0.2) is 17.5 Å². The SMILES string of the molecule is CN(C(=O)O)S(C)(=O)=O. The fraction of sp³-hybridized carbons (Fsp3) is 0.667. The van der Waals surface area contributed by atoms with Crippen LogP contribution in [0.15, 0.2) is 0 Å². The van der Waals surface area contributed by atoms with Crippen LogP contribution < -0.4 is 0 Å². The summed E-state index contributed by atoms with van der Waals surface area (Å²) < 4.78 is 20.9. The summed E-state index contributed by atoms with van der Waals surface area (Å²) in [4.78, 5) is 9.89. The highest BCUT2D eigenvalue weighted by molar-refractivity contribution is 7.88. The van der Waals surface area contributed by atoms with E-state index in [2.05, 4.69) is 0 Å². The van der Waals surface area contributed by atoms with Crippen molar-refractivity contribution in [2.24, 2.45) is 0 Å². The minimum absolute atomic E-state index is 0.243. The monoisotopic (exact) mass is 153 g/mol. The first-order valence-corrected chi connectivity index (χ1v) is 3.87. The molecular formula is C3H7NO4S. The summed E-state index contributed by atoms with van der Waals surface area (Å²) in [6, 6.07) is 0. The topological polar surface area (TPSA) is 74.7 Å². The van der Waals surface area contributed by atoms with Gasteiger partial charge in [-0.3, -0.25) is 0 Å². The Bertz CT molecular complexity index is 206. The van der Waals surface area contributed by atoms with Gasteiger partial charge in [0.25, 0.3) is 0 Å². The third-order valence-corrected chi connectivity index (χ3v) is 1.92. The second-order valence-electron chi connectivity index (χ2n) is 1.51. The molecule has 0 saturated heterocycles. The molecule has 0 aliphatic carbocycles. The molecule has 0 saturated carbocycles. The number of sulfonamides is 1. The molecule has 0 bridgehead atoms. The molecule has 0 radical (unpaired) electrons. The average Bonchev–Trinajstić information content (AvgIpc) is 1.62. The van der Waals surface area contributed by atoms with E-state index in [4.69, 9.17) is 5.11 Å². The summed E-state index contributed by atoms with van der Waals surface area (Å²) >= 11 is 0. The number of carboxylic acid groups (broad SMARTS) is 1. The van der Waals surface area contributed by atoms with Crippen molar-refractivity contribution in [1.82, 2.24) is 4.31 Å². The normalized spacial score (nSPS) is 10.9. The molecule has 5 nitrogen and oxygen atoms in total. The Balaban J connectivity index is 4.43. The standard InChI is InChI=1S/C3H7NO4S/c1-4(3(5)6)9(2,7)8/h1-2H3,(H,5,6). The van der Waals surface area contributed by atoms with Gasteiger partial charge in [0.15, 0.2) is 0 Å². The molecule has 0 aromatic rings. The van der Waals surface area contributed by atoms with Crippen molar-refractivity contribution in [3.05, 3.63) is 0 Å². The smallest absolute Gasteiger partial charge is 0.420 e. The van der Waals surface area contributed by atoms with Gasteiger partial charge in [-0.05, 0) is 0 Å². The maximum absolute atomic E-state index is 10.3. The lowest BCUT2D eigenvalue weighted by atomic mass is 11.1. The molecule has 0 aliphatic heterocycles. The van der Waals surface area contributed by atoms with Crippen LogP contribution in [0.2, 0.25) is 0 Å². The molecule has 0 atom stereocenters. The summed E-state index contributed by atoms with van der Waals surface area (Å²) in [6.45, 7) is 0. The number of nitrogens with zero attached hydrogens (tertiary/aromatic N) is 1. The van der Waals surface area contributed by atoms with Crippen LogP contribution >= 0.6 is 0 Å². The van der Waals surface area contributed by atoms with Crippen LogP contribution in [0.25, 0.3) is 0 Å². The fourth-order valence-electron chi connectivity index (χ4n) is 0.142. The predicted octanol–water partition coefficient (Wildman–Crippen LogP) is -0.444. The molecule has 0 unspecified atom stereocenters. The van der Waals surface area contributed by atoms with Gasteiger partial charge >= 0.3 is 6.09 Å². The molecule has 0 aromatic carbocycles. The van der Waals surface area contributed by atoms with Crippen molar-refractivity contribution in [3.8, 4) is 0 Å². The van der Waals surface area contributed by atoms with E-state index in [1.807, 2.05) is 0 Å². The Morgan fingerprint density at radius 3 is 1.89 bits per heavy atom. The molecular weight excluding hydrogens is 146 g/mol. The van der Waals surface area contributed by atoms with Crippen molar-refractivity contribution < 1.29 is 18.3 Å². The lowest BCUT2D eigenvalue weighted by Gasteiger charge is -2.07. The molecule has 6 heteroatoms. The van der Waals surface area contributed by atoms with Crippen LogP contribution in [0.4, 0.5) is 4.79 Å². The minimum Gasteiger partial charge on any atom is -0.464 e. The minimum atomic E-state index is -3.57. The van der Waals surface area contributed by atoms with Gasteiger partial charge in [0, 0.05) is 7.05 Å². The van der Waals surface area contributed by atoms with E-state index in [1.54, 1.807) is 0 Å². The van der Waals surface area contributed by atoms with E-state index in [9.17, 15) is 13.2 Å². The van der Waals surface area contributed by atoms with Crippen molar-refractivity contribution in [1.29, 1.82) is 0 Å². The number of carbonyl (C=O) groups is 1. The number of hydrogen-bond donors (Lipinski definition) is 1. The molecule has 0 rings (SSSR count). The van der Waals surface area contributed by atoms with E-state index in [0.29, 0.717) is 0 Å². The Labute approximate surface area is 52.9 Å². The lowest BCUT2D eigenvalue weighted by molar-refractivity contribution is 0.178. The van der Waals surface area contributed by atoms with Crippen molar-refractivity contribution >= 4 is 16.1 Å². The fourth-order valence-corrected chi connectivity index (χ4v) is 0.426. The van der Waals surface area contributed by atoms with E-state index in [-0.39, 0.29) is 4.31 Å². The van der Waals surface area contributed by atoms with Crippen molar-refractivity contribution in [3.63, 3.8) is 0 Å². The zero-order valence-corrected chi connectivity index (χ0v) is 5.84. The van der Waals surface area contributed by atoms with Crippen LogP contribution in [-0.2, 0) is 10.0 Å². The van der Waals surface area contributed by atoms with E-state index < -0.39 is 16.1 Å². The first-order valence-electron chi connectivity index (χ1n) is 2.02. The zero-order valence-electron chi connectivity index (χ0n) is 5.03. The second kappa shape index (κ2) is 2.22. The summed E-state index contributed by atoms with van der Waals surface area (Å²) in [5, 5.41) is 8.06. The number of hydrogen-bond acceptors (Lipinski definition) is 3. The largest absolute Gasteiger partial charge is 0.464 e. The Morgan fingerprint density at radius 2 is 1.89 bits per heavy atom. The maximum atomic E-state index is 10.3. The second-order valence-corrected chi connectivity index (χ2v) is 3.53. The van der Waals surface area contributed by atoms with Gasteiger partial charge in [0.1, 0.15) is 0 Å². The molecule has 9 heavy (non-hydrogen) atoms. The lowest BCUT2D eigenvalue weighted by Crippen LogP contribution is -2.30. The summed E-state index contributed by atoms with van der Waals surface area (Å²) in [5.74, 6) is 0.